The highest BCUT2D eigenvalue weighted by Crippen LogP contribution is 2.33. The van der Waals surface area contributed by atoms with Crippen molar-refractivity contribution in [2.75, 3.05) is 5.32 Å². The minimum atomic E-state index is -0.394. The Hall–Kier alpha value is -3.40. The zero-order valence-corrected chi connectivity index (χ0v) is 12.8. The van der Waals surface area contributed by atoms with Gasteiger partial charge in [-0.2, -0.15) is 0 Å². The van der Waals surface area contributed by atoms with E-state index in [1.54, 1.807) is 12.1 Å². The molecule has 0 unspecified atom stereocenters. The fourth-order valence-electron chi connectivity index (χ4n) is 2.98. The summed E-state index contributed by atoms with van der Waals surface area (Å²) in [5, 5.41) is 18.8. The summed E-state index contributed by atoms with van der Waals surface area (Å²) >= 11 is 0. The number of fused-ring (bicyclic) bond motifs is 3. The average Bonchev–Trinajstić information content (AvgIpc) is 2.62. The highest BCUT2D eigenvalue weighted by molar-refractivity contribution is 6.13. The zero-order chi connectivity index (χ0) is 16.5. The summed E-state index contributed by atoms with van der Waals surface area (Å²) in [5.74, 6) is 0. The number of nitrogens with one attached hydrogen (secondary N) is 1. The first kappa shape index (κ1) is 14.2. The highest BCUT2D eigenvalue weighted by atomic mass is 16.6. The van der Waals surface area contributed by atoms with Crippen molar-refractivity contribution in [1.82, 2.24) is 0 Å². The normalized spacial score (nSPS) is 10.8. The summed E-state index contributed by atoms with van der Waals surface area (Å²) in [6.45, 7) is 0. The molecule has 0 atom stereocenters. The molecule has 0 aliphatic heterocycles. The van der Waals surface area contributed by atoms with Crippen LogP contribution in [0.3, 0.4) is 0 Å². The number of anilines is 2. The second-order valence-corrected chi connectivity index (χ2v) is 5.62. The molecule has 0 amide bonds. The van der Waals surface area contributed by atoms with Crippen LogP contribution in [0.5, 0.6) is 0 Å². The van der Waals surface area contributed by atoms with Gasteiger partial charge in [-0.05, 0) is 34.4 Å². The molecule has 4 rings (SSSR count). The van der Waals surface area contributed by atoms with Crippen LogP contribution in [0.4, 0.5) is 17.1 Å². The maximum atomic E-state index is 10.8. The Bertz CT molecular complexity index is 1060. The smallest absolute Gasteiger partial charge is 0.269 e. The van der Waals surface area contributed by atoms with Crippen LogP contribution in [0, 0.1) is 10.1 Å². The summed E-state index contributed by atoms with van der Waals surface area (Å²) in [7, 11) is 0. The molecule has 4 heteroatoms. The van der Waals surface area contributed by atoms with Gasteiger partial charge in [-0.1, -0.05) is 48.5 Å². The van der Waals surface area contributed by atoms with Crippen LogP contribution in [0.1, 0.15) is 0 Å². The first-order valence-electron chi connectivity index (χ1n) is 7.64. The third kappa shape index (κ3) is 2.44. The number of nitro benzene ring substituents is 1. The van der Waals surface area contributed by atoms with Crippen molar-refractivity contribution in [2.24, 2.45) is 0 Å². The van der Waals surface area contributed by atoms with Gasteiger partial charge in [0.05, 0.1) is 4.92 Å². The Morgan fingerprint density at radius 1 is 0.750 bits per heavy atom. The van der Waals surface area contributed by atoms with E-state index in [0.29, 0.717) is 0 Å². The number of benzene rings is 4. The number of rotatable bonds is 3. The standard InChI is InChI=1S/C20H14N2O2/c23-22(24)16-11-9-15(10-12-16)21-20-13-14-5-1-2-6-17(14)18-7-3-4-8-19(18)20/h1-13,21H. The van der Waals surface area contributed by atoms with Crippen LogP contribution in [-0.2, 0) is 0 Å². The van der Waals surface area contributed by atoms with Gasteiger partial charge < -0.3 is 5.32 Å². The highest BCUT2D eigenvalue weighted by Gasteiger charge is 2.08. The molecule has 0 aromatic heterocycles. The summed E-state index contributed by atoms with van der Waals surface area (Å²) in [5.41, 5.74) is 1.89. The Morgan fingerprint density at radius 3 is 2.08 bits per heavy atom. The predicted molar refractivity (Wildman–Crippen MR) is 97.8 cm³/mol. The van der Waals surface area contributed by atoms with Gasteiger partial charge in [-0.15, -0.1) is 0 Å². The largest absolute Gasteiger partial charge is 0.355 e. The fraction of sp³-hybridized carbons (Fsp3) is 0. The van der Waals surface area contributed by atoms with E-state index in [9.17, 15) is 10.1 Å². The molecular weight excluding hydrogens is 300 g/mol. The number of nitrogens with zero attached hydrogens (tertiary/aromatic N) is 1. The third-order valence-corrected chi connectivity index (χ3v) is 4.13. The molecule has 0 heterocycles. The van der Waals surface area contributed by atoms with E-state index in [2.05, 4.69) is 35.6 Å². The lowest BCUT2D eigenvalue weighted by atomic mass is 10.00. The summed E-state index contributed by atoms with van der Waals surface area (Å²) in [6, 6.07) is 25.1. The quantitative estimate of drug-likeness (QED) is 0.302. The van der Waals surface area contributed by atoms with E-state index in [-0.39, 0.29) is 5.69 Å². The lowest BCUT2D eigenvalue weighted by Crippen LogP contribution is -1.93. The van der Waals surface area contributed by atoms with E-state index in [1.165, 1.54) is 22.9 Å². The van der Waals surface area contributed by atoms with Crippen LogP contribution in [0.25, 0.3) is 21.5 Å². The van der Waals surface area contributed by atoms with Gasteiger partial charge in [0.25, 0.3) is 5.69 Å². The summed E-state index contributed by atoms with van der Waals surface area (Å²) < 4.78 is 0. The van der Waals surface area contributed by atoms with Crippen LogP contribution < -0.4 is 5.32 Å². The number of non-ortho nitro benzene ring substituents is 1. The van der Waals surface area contributed by atoms with Crippen LogP contribution in [0.15, 0.2) is 78.9 Å². The van der Waals surface area contributed by atoms with E-state index in [4.69, 9.17) is 0 Å². The Balaban J connectivity index is 1.84. The van der Waals surface area contributed by atoms with E-state index >= 15 is 0 Å². The lowest BCUT2D eigenvalue weighted by molar-refractivity contribution is -0.384. The van der Waals surface area contributed by atoms with Crippen molar-refractivity contribution < 1.29 is 4.92 Å². The van der Waals surface area contributed by atoms with Crippen molar-refractivity contribution in [3.05, 3.63) is 89.0 Å². The molecule has 1 N–H and O–H groups in total. The number of hydrogen-bond acceptors (Lipinski definition) is 3. The van der Waals surface area contributed by atoms with Gasteiger partial charge in [0.2, 0.25) is 0 Å². The molecule has 116 valence electrons. The lowest BCUT2D eigenvalue weighted by Gasteiger charge is -2.12. The average molecular weight is 314 g/mol. The molecule has 24 heavy (non-hydrogen) atoms. The predicted octanol–water partition coefficient (Wildman–Crippen LogP) is 5.64. The van der Waals surface area contributed by atoms with E-state index in [1.807, 2.05) is 24.3 Å². The number of nitro groups is 1. The molecule has 0 fully saturated rings. The molecule has 4 aromatic carbocycles. The van der Waals surface area contributed by atoms with Crippen molar-refractivity contribution in [3.8, 4) is 0 Å². The molecule has 0 spiro atoms. The Labute approximate surface area is 138 Å². The van der Waals surface area contributed by atoms with Gasteiger partial charge in [0.15, 0.2) is 0 Å². The topological polar surface area (TPSA) is 55.2 Å². The first-order chi connectivity index (χ1) is 11.7. The molecule has 0 aliphatic rings. The maximum Gasteiger partial charge on any atom is 0.269 e. The molecule has 4 nitrogen and oxygen atoms in total. The summed E-state index contributed by atoms with van der Waals surface area (Å²) in [4.78, 5) is 10.4. The molecule has 0 saturated carbocycles. The van der Waals surface area contributed by atoms with Crippen molar-refractivity contribution in [1.29, 1.82) is 0 Å². The SMILES string of the molecule is O=[N+]([O-])c1ccc(Nc2cc3ccccc3c3ccccc23)cc1. The van der Waals surface area contributed by atoms with Gasteiger partial charge in [0, 0.05) is 28.9 Å². The molecule has 0 saturated heterocycles. The van der Waals surface area contributed by atoms with Crippen LogP contribution in [-0.4, -0.2) is 4.92 Å². The molecular formula is C20H14N2O2. The minimum Gasteiger partial charge on any atom is -0.355 e. The third-order valence-electron chi connectivity index (χ3n) is 4.13. The van der Waals surface area contributed by atoms with Gasteiger partial charge >= 0.3 is 0 Å². The van der Waals surface area contributed by atoms with Gasteiger partial charge in [-0.3, -0.25) is 10.1 Å². The second kappa shape index (κ2) is 5.66. The van der Waals surface area contributed by atoms with Crippen molar-refractivity contribution in [3.63, 3.8) is 0 Å². The Morgan fingerprint density at radius 2 is 1.38 bits per heavy atom. The molecule has 0 bridgehead atoms. The number of hydrogen-bond donors (Lipinski definition) is 1. The minimum absolute atomic E-state index is 0.0870. The monoisotopic (exact) mass is 314 g/mol. The van der Waals surface area contributed by atoms with Crippen molar-refractivity contribution >= 4 is 38.6 Å². The van der Waals surface area contributed by atoms with Crippen LogP contribution in [0.2, 0.25) is 0 Å². The van der Waals surface area contributed by atoms with E-state index < -0.39 is 4.92 Å². The second-order valence-electron chi connectivity index (χ2n) is 5.62. The molecule has 0 radical (unpaired) electrons. The zero-order valence-electron chi connectivity index (χ0n) is 12.8. The van der Waals surface area contributed by atoms with Gasteiger partial charge in [-0.25, -0.2) is 0 Å². The maximum absolute atomic E-state index is 10.8. The van der Waals surface area contributed by atoms with Crippen LogP contribution >= 0.6 is 0 Å². The fourth-order valence-corrected chi connectivity index (χ4v) is 2.98. The van der Waals surface area contributed by atoms with Crippen molar-refractivity contribution in [2.45, 2.75) is 0 Å². The van der Waals surface area contributed by atoms with Gasteiger partial charge in [0.1, 0.15) is 0 Å². The molecule has 0 aliphatic carbocycles. The Kier molecular flexibility index (Phi) is 3.35. The molecule has 4 aromatic rings. The first-order valence-corrected chi connectivity index (χ1v) is 7.64. The van der Waals surface area contributed by atoms with E-state index in [0.717, 1.165) is 22.1 Å². The summed E-state index contributed by atoms with van der Waals surface area (Å²) in [6.07, 6.45) is 0.